The number of carbonyl (C=O) groups excluding carboxylic acids is 1. The molecule has 0 spiro atoms. The van der Waals surface area contributed by atoms with Crippen molar-refractivity contribution in [3.63, 3.8) is 0 Å². The number of fused-ring (bicyclic) bond motifs is 1. The number of methoxy groups -OCH3 is 1. The molecule has 2 nitrogen and oxygen atoms in total. The molecule has 2 aromatic carbocycles. The highest BCUT2D eigenvalue weighted by atomic mass is 16.5. The Morgan fingerprint density at radius 3 is 2.24 bits per heavy atom. The zero-order valence-corrected chi connectivity index (χ0v) is 12.3. The highest BCUT2D eigenvalue weighted by molar-refractivity contribution is 5.82. The maximum absolute atomic E-state index is 12.4. The number of ether oxygens (including phenoxy) is 1. The Bertz CT molecular complexity index is 603. The van der Waals surface area contributed by atoms with Crippen molar-refractivity contribution in [3.8, 4) is 5.75 Å². The van der Waals surface area contributed by atoms with Gasteiger partial charge in [0.2, 0.25) is 0 Å². The molecule has 1 aliphatic rings. The van der Waals surface area contributed by atoms with Crippen LogP contribution in [0.4, 0.5) is 0 Å². The van der Waals surface area contributed by atoms with Gasteiger partial charge in [0.05, 0.1) is 7.11 Å². The third kappa shape index (κ3) is 3.15. The molecule has 0 bridgehead atoms. The highest BCUT2D eigenvalue weighted by Gasteiger charge is 2.26. The average molecular weight is 280 g/mol. The summed E-state index contributed by atoms with van der Waals surface area (Å²) in [5, 5.41) is 0. The van der Waals surface area contributed by atoms with E-state index in [2.05, 4.69) is 24.3 Å². The summed E-state index contributed by atoms with van der Waals surface area (Å²) in [5.41, 5.74) is 3.89. The van der Waals surface area contributed by atoms with E-state index < -0.39 is 0 Å². The number of hydrogen-bond donors (Lipinski definition) is 0. The molecular weight excluding hydrogens is 260 g/mol. The molecule has 2 aromatic rings. The van der Waals surface area contributed by atoms with E-state index in [0.29, 0.717) is 12.2 Å². The molecule has 0 aliphatic heterocycles. The Morgan fingerprint density at radius 1 is 1.05 bits per heavy atom. The Labute approximate surface area is 125 Å². The molecule has 21 heavy (non-hydrogen) atoms. The van der Waals surface area contributed by atoms with Gasteiger partial charge in [0.25, 0.3) is 0 Å². The van der Waals surface area contributed by atoms with Crippen LogP contribution >= 0.6 is 0 Å². The fourth-order valence-electron chi connectivity index (χ4n) is 3.05. The van der Waals surface area contributed by atoms with Gasteiger partial charge in [-0.3, -0.25) is 4.79 Å². The van der Waals surface area contributed by atoms with Crippen LogP contribution in [-0.2, 0) is 24.1 Å². The van der Waals surface area contributed by atoms with E-state index in [0.717, 1.165) is 25.0 Å². The van der Waals surface area contributed by atoms with Crippen LogP contribution in [0.1, 0.15) is 23.1 Å². The molecule has 0 atom stereocenters. The first-order valence-corrected chi connectivity index (χ1v) is 7.48. The van der Waals surface area contributed by atoms with Gasteiger partial charge in [-0.1, -0.05) is 36.4 Å². The predicted octanol–water partition coefficient (Wildman–Crippen LogP) is 3.61. The first kappa shape index (κ1) is 13.9. The number of benzene rings is 2. The highest BCUT2D eigenvalue weighted by Crippen LogP contribution is 2.28. The van der Waals surface area contributed by atoms with Crippen LogP contribution in [0.2, 0.25) is 0 Å². The van der Waals surface area contributed by atoms with Crippen LogP contribution in [0, 0.1) is 5.92 Å². The Kier molecular flexibility index (Phi) is 4.05. The second-order valence-electron chi connectivity index (χ2n) is 5.69. The number of aryl methyl sites for hydroxylation is 1. The van der Waals surface area contributed by atoms with Crippen LogP contribution in [0.3, 0.4) is 0 Å². The lowest BCUT2D eigenvalue weighted by Crippen LogP contribution is -2.15. The maximum Gasteiger partial charge on any atom is 0.136 e. The van der Waals surface area contributed by atoms with Crippen molar-refractivity contribution in [2.24, 2.45) is 5.92 Å². The van der Waals surface area contributed by atoms with Gasteiger partial charge < -0.3 is 4.74 Å². The zero-order valence-electron chi connectivity index (χ0n) is 12.3. The van der Waals surface area contributed by atoms with Crippen molar-refractivity contribution in [2.75, 3.05) is 7.11 Å². The maximum atomic E-state index is 12.4. The SMILES string of the molecule is COc1ccc(CCC(=O)C2Cc3ccccc3C2)cc1. The molecule has 0 amide bonds. The minimum Gasteiger partial charge on any atom is -0.497 e. The number of carbonyl (C=O) groups is 1. The Hall–Kier alpha value is -2.09. The minimum absolute atomic E-state index is 0.181. The van der Waals surface area contributed by atoms with Gasteiger partial charge in [0.15, 0.2) is 0 Å². The molecule has 0 heterocycles. The molecule has 3 rings (SSSR count). The van der Waals surface area contributed by atoms with Gasteiger partial charge >= 0.3 is 0 Å². The third-order valence-corrected chi connectivity index (χ3v) is 4.33. The van der Waals surface area contributed by atoms with Crippen molar-refractivity contribution in [3.05, 3.63) is 65.2 Å². The predicted molar refractivity (Wildman–Crippen MR) is 83.7 cm³/mol. The summed E-state index contributed by atoms with van der Waals surface area (Å²) in [4.78, 5) is 12.4. The summed E-state index contributed by atoms with van der Waals surface area (Å²) in [6.07, 6.45) is 3.27. The summed E-state index contributed by atoms with van der Waals surface area (Å²) in [6.45, 7) is 0. The van der Waals surface area contributed by atoms with E-state index in [-0.39, 0.29) is 5.92 Å². The summed E-state index contributed by atoms with van der Waals surface area (Å²) in [7, 11) is 1.66. The first-order valence-electron chi connectivity index (χ1n) is 7.48. The standard InChI is InChI=1S/C19H20O2/c1-21-18-9-6-14(7-10-18)8-11-19(20)17-12-15-4-2-3-5-16(15)13-17/h2-7,9-10,17H,8,11-13H2,1H3. The van der Waals surface area contributed by atoms with Gasteiger partial charge in [-0.05, 0) is 48.1 Å². The molecule has 1 aliphatic carbocycles. The van der Waals surface area contributed by atoms with Crippen LogP contribution in [0.15, 0.2) is 48.5 Å². The lowest BCUT2D eigenvalue weighted by molar-refractivity contribution is -0.122. The fraction of sp³-hybridized carbons (Fsp3) is 0.316. The molecule has 0 saturated carbocycles. The van der Waals surface area contributed by atoms with Crippen molar-refractivity contribution in [1.82, 2.24) is 0 Å². The monoisotopic (exact) mass is 280 g/mol. The van der Waals surface area contributed by atoms with E-state index in [9.17, 15) is 4.79 Å². The quantitative estimate of drug-likeness (QED) is 0.836. The smallest absolute Gasteiger partial charge is 0.136 e. The van der Waals surface area contributed by atoms with Gasteiger partial charge in [-0.25, -0.2) is 0 Å². The lowest BCUT2D eigenvalue weighted by Gasteiger charge is -2.08. The van der Waals surface area contributed by atoms with Crippen molar-refractivity contribution < 1.29 is 9.53 Å². The summed E-state index contributed by atoms with van der Waals surface area (Å²) < 4.78 is 5.14. The Morgan fingerprint density at radius 2 is 1.67 bits per heavy atom. The fourth-order valence-corrected chi connectivity index (χ4v) is 3.05. The molecule has 0 fully saturated rings. The first-order chi connectivity index (χ1) is 10.3. The molecular formula is C19H20O2. The van der Waals surface area contributed by atoms with E-state index in [1.807, 2.05) is 24.3 Å². The van der Waals surface area contributed by atoms with Gasteiger partial charge in [-0.15, -0.1) is 0 Å². The van der Waals surface area contributed by atoms with Crippen molar-refractivity contribution in [1.29, 1.82) is 0 Å². The number of Topliss-reactive ketones (excluding diaryl/α,β-unsaturated/α-hetero) is 1. The van der Waals surface area contributed by atoms with E-state index in [1.165, 1.54) is 16.7 Å². The topological polar surface area (TPSA) is 26.3 Å². The summed E-state index contributed by atoms with van der Waals surface area (Å²) in [5.74, 6) is 1.43. The van der Waals surface area contributed by atoms with Crippen LogP contribution in [-0.4, -0.2) is 12.9 Å². The molecule has 0 unspecified atom stereocenters. The lowest BCUT2D eigenvalue weighted by atomic mass is 9.95. The second kappa shape index (κ2) is 6.13. The van der Waals surface area contributed by atoms with Gasteiger partial charge in [0, 0.05) is 12.3 Å². The average Bonchev–Trinajstić information content (AvgIpc) is 2.97. The number of ketones is 1. The van der Waals surface area contributed by atoms with Crippen molar-refractivity contribution in [2.45, 2.75) is 25.7 Å². The van der Waals surface area contributed by atoms with Crippen molar-refractivity contribution >= 4 is 5.78 Å². The molecule has 2 heteroatoms. The second-order valence-corrected chi connectivity index (χ2v) is 5.69. The van der Waals surface area contributed by atoms with E-state index >= 15 is 0 Å². The normalized spacial score (nSPS) is 14.0. The van der Waals surface area contributed by atoms with Crippen LogP contribution in [0.25, 0.3) is 0 Å². The number of rotatable bonds is 5. The molecule has 108 valence electrons. The zero-order chi connectivity index (χ0) is 14.7. The largest absolute Gasteiger partial charge is 0.497 e. The van der Waals surface area contributed by atoms with Gasteiger partial charge in [0.1, 0.15) is 11.5 Å². The van der Waals surface area contributed by atoms with E-state index in [1.54, 1.807) is 7.11 Å². The van der Waals surface area contributed by atoms with E-state index in [4.69, 9.17) is 4.74 Å². The third-order valence-electron chi connectivity index (χ3n) is 4.33. The minimum atomic E-state index is 0.181. The van der Waals surface area contributed by atoms with Crippen LogP contribution in [0.5, 0.6) is 5.75 Å². The Balaban J connectivity index is 1.55. The molecule has 0 radical (unpaired) electrons. The molecule has 0 saturated heterocycles. The summed E-state index contributed by atoms with van der Waals surface area (Å²) >= 11 is 0. The molecule has 0 N–H and O–H groups in total. The summed E-state index contributed by atoms with van der Waals surface area (Å²) in [6, 6.07) is 16.4. The molecule has 0 aromatic heterocycles. The number of hydrogen-bond acceptors (Lipinski definition) is 2. The van der Waals surface area contributed by atoms with Gasteiger partial charge in [-0.2, -0.15) is 0 Å². The van der Waals surface area contributed by atoms with Crippen LogP contribution < -0.4 is 4.74 Å².